The summed E-state index contributed by atoms with van der Waals surface area (Å²) >= 11 is 16.2. The highest BCUT2D eigenvalue weighted by Gasteiger charge is 2.26. The van der Waals surface area contributed by atoms with Gasteiger partial charge in [-0.1, -0.05) is 42.0 Å². The van der Waals surface area contributed by atoms with Gasteiger partial charge >= 0.3 is 0 Å². The molecule has 0 fully saturated rings. The van der Waals surface area contributed by atoms with Crippen molar-refractivity contribution in [1.29, 1.82) is 0 Å². The van der Waals surface area contributed by atoms with E-state index in [9.17, 15) is 0 Å². The maximum Gasteiger partial charge on any atom is 0.0625 e. The van der Waals surface area contributed by atoms with Crippen LogP contribution in [-0.4, -0.2) is 0 Å². The topological polar surface area (TPSA) is 9.72 Å². The predicted molar refractivity (Wildman–Crippen MR) is 264 cm³/mol. The molecule has 0 aliphatic rings. The maximum absolute atomic E-state index is 4.06. The summed E-state index contributed by atoms with van der Waals surface area (Å²) in [5, 5.41) is 0. The van der Waals surface area contributed by atoms with E-state index in [0.29, 0.717) is 0 Å². The molecular formula is C51H47Br4N3. The summed E-state index contributed by atoms with van der Waals surface area (Å²) in [7, 11) is 0. The van der Waals surface area contributed by atoms with Gasteiger partial charge in [0.05, 0.1) is 22.7 Å². The number of benzene rings is 7. The molecule has 0 N–H and O–H groups in total. The Hall–Kier alpha value is -4.14. The maximum atomic E-state index is 4.06. The predicted octanol–water partition coefficient (Wildman–Crippen LogP) is 17.9. The van der Waals surface area contributed by atoms with Gasteiger partial charge in [0.1, 0.15) is 0 Å². The molecule has 0 aliphatic carbocycles. The lowest BCUT2D eigenvalue weighted by Gasteiger charge is -2.33. The first-order valence-corrected chi connectivity index (χ1v) is 22.5. The first kappa shape index (κ1) is 42.0. The van der Waals surface area contributed by atoms with Gasteiger partial charge in [0, 0.05) is 46.3 Å². The lowest BCUT2D eigenvalue weighted by Crippen LogP contribution is -2.16. The second kappa shape index (κ2) is 17.2. The fourth-order valence-corrected chi connectivity index (χ4v) is 9.85. The van der Waals surface area contributed by atoms with Crippen LogP contribution < -0.4 is 14.7 Å². The Morgan fingerprint density at radius 3 is 0.793 bits per heavy atom. The highest BCUT2D eigenvalue weighted by Crippen LogP contribution is 2.51. The average molecular weight is 1020 g/mol. The molecule has 7 aromatic rings. The Bertz CT molecular complexity index is 2420. The van der Waals surface area contributed by atoms with Crippen LogP contribution in [0.25, 0.3) is 0 Å². The minimum absolute atomic E-state index is 0.945. The van der Waals surface area contributed by atoms with E-state index in [2.05, 4.69) is 262 Å². The molecule has 0 aliphatic heterocycles. The van der Waals surface area contributed by atoms with Crippen LogP contribution in [0.3, 0.4) is 0 Å². The van der Waals surface area contributed by atoms with Crippen LogP contribution in [0.15, 0.2) is 139 Å². The number of anilines is 9. The van der Waals surface area contributed by atoms with E-state index in [1.807, 2.05) is 0 Å². The van der Waals surface area contributed by atoms with Crippen LogP contribution >= 0.6 is 63.7 Å². The van der Waals surface area contributed by atoms with Gasteiger partial charge in [0.2, 0.25) is 0 Å². The SMILES string of the molecule is Cc1ccc(N(c2cc(N(c3ccc(C)c(C)c3)c3ccc(C)c(C)c3)c(Br)cc2Br)c2cc(N(c3ccc(C)c(C)c3)c3ccc(C)c(C)c3)c(Br)cc2Br)cc1. The van der Waals surface area contributed by atoms with Crippen LogP contribution in [0.1, 0.15) is 50.1 Å². The molecule has 58 heavy (non-hydrogen) atoms. The molecule has 0 saturated carbocycles. The van der Waals surface area contributed by atoms with Crippen molar-refractivity contribution in [2.45, 2.75) is 62.3 Å². The van der Waals surface area contributed by atoms with Gasteiger partial charge in [0.25, 0.3) is 0 Å². The number of hydrogen-bond donors (Lipinski definition) is 0. The molecule has 7 aromatic carbocycles. The minimum atomic E-state index is 0.945. The largest absolute Gasteiger partial charge is 0.309 e. The van der Waals surface area contributed by atoms with Gasteiger partial charge in [0.15, 0.2) is 0 Å². The molecule has 0 atom stereocenters. The van der Waals surface area contributed by atoms with Gasteiger partial charge in [-0.15, -0.1) is 0 Å². The fourth-order valence-electron chi connectivity index (χ4n) is 7.15. The smallest absolute Gasteiger partial charge is 0.0625 e. The van der Waals surface area contributed by atoms with Crippen molar-refractivity contribution in [2.75, 3.05) is 14.7 Å². The van der Waals surface area contributed by atoms with Crippen molar-refractivity contribution in [3.8, 4) is 0 Å². The van der Waals surface area contributed by atoms with Gasteiger partial charge in [-0.25, -0.2) is 0 Å². The third-order valence-corrected chi connectivity index (χ3v) is 13.8. The number of rotatable bonds is 9. The van der Waals surface area contributed by atoms with Crippen LogP contribution in [0.2, 0.25) is 0 Å². The number of nitrogens with zero attached hydrogens (tertiary/aromatic N) is 3. The van der Waals surface area contributed by atoms with Crippen molar-refractivity contribution in [3.63, 3.8) is 0 Å². The van der Waals surface area contributed by atoms with Crippen LogP contribution in [0, 0.1) is 62.3 Å². The molecule has 7 heteroatoms. The third-order valence-electron chi connectivity index (χ3n) is 11.3. The molecule has 0 radical (unpaired) electrons. The van der Waals surface area contributed by atoms with E-state index >= 15 is 0 Å². The molecule has 7 rings (SSSR count). The van der Waals surface area contributed by atoms with Crippen molar-refractivity contribution in [2.24, 2.45) is 0 Å². The van der Waals surface area contributed by atoms with Crippen LogP contribution in [0.5, 0.6) is 0 Å². The second-order valence-corrected chi connectivity index (χ2v) is 18.8. The summed E-state index contributed by atoms with van der Waals surface area (Å²) in [6.45, 7) is 19.5. The zero-order chi connectivity index (χ0) is 41.6. The van der Waals surface area contributed by atoms with Gasteiger partial charge in [-0.05, 0) is 255 Å². The Kier molecular flexibility index (Phi) is 12.5. The lowest BCUT2D eigenvalue weighted by molar-refractivity contribution is 1.19. The van der Waals surface area contributed by atoms with Crippen LogP contribution in [-0.2, 0) is 0 Å². The summed E-state index contributed by atoms with van der Waals surface area (Å²) in [5.74, 6) is 0. The van der Waals surface area contributed by atoms with E-state index < -0.39 is 0 Å². The average Bonchev–Trinajstić information content (AvgIpc) is 3.18. The van der Waals surface area contributed by atoms with Crippen molar-refractivity contribution in [3.05, 3.63) is 189 Å². The second-order valence-electron chi connectivity index (χ2n) is 15.4. The highest BCUT2D eigenvalue weighted by atomic mass is 79.9. The molecule has 0 bridgehead atoms. The van der Waals surface area contributed by atoms with Gasteiger partial charge in [-0.2, -0.15) is 0 Å². The standard InChI is InChI=1S/C51H47Br4N3/c1-30-10-16-39(17-11-30)58(50-28-48(44(52)26-46(50)54)56(40-18-12-31(2)35(6)22-40)41-19-13-32(3)36(7)23-41)51-29-49(45(53)27-47(51)55)57(42-20-14-33(4)37(8)24-42)43-21-15-34(5)38(9)25-43/h10-29H,1-9H3. The van der Waals surface area contributed by atoms with E-state index in [0.717, 1.165) is 69.1 Å². The van der Waals surface area contributed by atoms with E-state index in [1.165, 1.54) is 50.1 Å². The minimum Gasteiger partial charge on any atom is -0.309 e. The van der Waals surface area contributed by atoms with E-state index in [-0.39, 0.29) is 0 Å². The van der Waals surface area contributed by atoms with Gasteiger partial charge < -0.3 is 14.7 Å². The van der Waals surface area contributed by atoms with Gasteiger partial charge in [-0.3, -0.25) is 0 Å². The Balaban J connectivity index is 1.50. The summed E-state index contributed by atoms with van der Waals surface area (Å²) < 4.78 is 3.82. The van der Waals surface area contributed by atoms with Crippen molar-refractivity contribution < 1.29 is 0 Å². The zero-order valence-corrected chi connectivity index (χ0v) is 40.7. The molecule has 3 nitrogen and oxygen atoms in total. The molecule has 0 heterocycles. The van der Waals surface area contributed by atoms with Crippen molar-refractivity contribution >= 4 is 115 Å². The third kappa shape index (κ3) is 8.47. The fraction of sp³-hybridized carbons (Fsp3) is 0.176. The summed E-state index contributed by atoms with van der Waals surface area (Å²) in [4.78, 5) is 7.06. The lowest BCUT2D eigenvalue weighted by atomic mass is 10.0. The normalized spacial score (nSPS) is 11.2. The first-order chi connectivity index (χ1) is 27.6. The molecule has 0 saturated heterocycles. The molecule has 0 unspecified atom stereocenters. The molecule has 294 valence electrons. The molecular weight excluding hydrogens is 974 g/mol. The highest BCUT2D eigenvalue weighted by molar-refractivity contribution is 9.11. The van der Waals surface area contributed by atoms with E-state index in [1.54, 1.807) is 0 Å². The monoisotopic (exact) mass is 1020 g/mol. The Labute approximate surface area is 378 Å². The number of hydrogen-bond acceptors (Lipinski definition) is 3. The molecule has 0 spiro atoms. The quantitative estimate of drug-likeness (QED) is 0.143. The summed E-state index contributed by atoms with van der Waals surface area (Å²) in [5.41, 5.74) is 20.6. The van der Waals surface area contributed by atoms with Crippen molar-refractivity contribution in [1.82, 2.24) is 0 Å². The number of aryl methyl sites for hydroxylation is 9. The zero-order valence-electron chi connectivity index (χ0n) is 34.4. The molecule has 0 aromatic heterocycles. The van der Waals surface area contributed by atoms with Crippen LogP contribution in [0.4, 0.5) is 51.2 Å². The summed E-state index contributed by atoms with van der Waals surface area (Å²) in [6.07, 6.45) is 0. The number of halogens is 4. The van der Waals surface area contributed by atoms with E-state index in [4.69, 9.17) is 0 Å². The first-order valence-electron chi connectivity index (χ1n) is 19.4. The summed E-state index contributed by atoms with van der Waals surface area (Å²) in [6, 6.07) is 44.5. The Morgan fingerprint density at radius 2 is 0.517 bits per heavy atom. The Morgan fingerprint density at radius 1 is 0.259 bits per heavy atom. The molecule has 0 amide bonds.